The summed E-state index contributed by atoms with van der Waals surface area (Å²) in [6.45, 7) is 5.66. The monoisotopic (exact) mass is 371 g/mol. The Morgan fingerprint density at radius 1 is 1.12 bits per heavy atom. The second-order valence-corrected chi connectivity index (χ2v) is 7.93. The van der Waals surface area contributed by atoms with E-state index < -0.39 is 9.84 Å². The lowest BCUT2D eigenvalue weighted by Crippen LogP contribution is -2.07. The van der Waals surface area contributed by atoms with Crippen LogP contribution in [0.2, 0.25) is 0 Å². The van der Waals surface area contributed by atoms with Crippen LogP contribution in [-0.2, 0) is 9.84 Å². The lowest BCUT2D eigenvalue weighted by molar-refractivity contribution is 0.230. The minimum Gasteiger partial charge on any atom is -0.493 e. The van der Waals surface area contributed by atoms with Gasteiger partial charge >= 0.3 is 0 Å². The molecule has 5 nitrogen and oxygen atoms in total. The van der Waals surface area contributed by atoms with E-state index in [4.69, 9.17) is 9.47 Å². The molecule has 0 spiro atoms. The second kappa shape index (κ2) is 8.07. The zero-order valence-electron chi connectivity index (χ0n) is 15.2. The van der Waals surface area contributed by atoms with Gasteiger partial charge in [0.15, 0.2) is 11.5 Å². The first-order valence-electron chi connectivity index (χ1n) is 8.06. The Balaban J connectivity index is 2.45. The summed E-state index contributed by atoms with van der Waals surface area (Å²) < 4.78 is 36.3. The number of nitrogens with zero attached hydrogens (tertiary/aromatic N) is 1. The third-order valence-electron chi connectivity index (χ3n) is 3.58. The van der Waals surface area contributed by atoms with Gasteiger partial charge in [-0.05, 0) is 56.7 Å². The fraction of sp³-hybridized carbons (Fsp3) is 0.250. The lowest BCUT2D eigenvalue weighted by atomic mass is 10.2. The molecule has 6 heteroatoms. The van der Waals surface area contributed by atoms with E-state index in [2.05, 4.69) is 0 Å². The highest BCUT2D eigenvalue weighted by Gasteiger charge is 2.21. The van der Waals surface area contributed by atoms with Gasteiger partial charge in [0.1, 0.15) is 11.0 Å². The Bertz CT molecular complexity index is 952. The van der Waals surface area contributed by atoms with Crippen molar-refractivity contribution >= 4 is 15.9 Å². The van der Waals surface area contributed by atoms with Gasteiger partial charge in [-0.3, -0.25) is 0 Å². The average molecular weight is 371 g/mol. The maximum absolute atomic E-state index is 12.7. The number of aryl methyl sites for hydroxylation is 1. The molecule has 0 radical (unpaired) electrons. The molecule has 0 amide bonds. The summed E-state index contributed by atoms with van der Waals surface area (Å²) in [5.41, 5.74) is 1.47. The third kappa shape index (κ3) is 4.44. The molecular weight excluding hydrogens is 350 g/mol. The largest absolute Gasteiger partial charge is 0.493 e. The molecular formula is C20H21NO4S. The molecule has 0 heterocycles. The van der Waals surface area contributed by atoms with Gasteiger partial charge in [-0.25, -0.2) is 8.42 Å². The predicted octanol–water partition coefficient (Wildman–Crippen LogP) is 4.13. The van der Waals surface area contributed by atoms with E-state index in [9.17, 15) is 13.7 Å². The van der Waals surface area contributed by atoms with Gasteiger partial charge in [-0.2, -0.15) is 5.26 Å². The van der Waals surface area contributed by atoms with Crippen LogP contribution in [0, 0.1) is 18.3 Å². The summed E-state index contributed by atoms with van der Waals surface area (Å²) in [6.07, 6.45) is 1.30. The molecule has 0 aliphatic rings. The average Bonchev–Trinajstić information content (AvgIpc) is 2.60. The number of ether oxygens (including phenoxy) is 2. The number of hydrogen-bond acceptors (Lipinski definition) is 5. The second-order valence-electron chi connectivity index (χ2n) is 6.01. The topological polar surface area (TPSA) is 76.4 Å². The highest BCUT2D eigenvalue weighted by Crippen LogP contribution is 2.30. The highest BCUT2D eigenvalue weighted by molar-refractivity contribution is 7.95. The van der Waals surface area contributed by atoms with Gasteiger partial charge in [0.2, 0.25) is 9.84 Å². The van der Waals surface area contributed by atoms with Crippen LogP contribution in [0.15, 0.2) is 52.3 Å². The quantitative estimate of drug-likeness (QED) is 0.714. The molecule has 0 unspecified atom stereocenters. The maximum atomic E-state index is 12.7. The minimum absolute atomic E-state index is 0.0260. The molecule has 2 rings (SSSR count). The zero-order chi connectivity index (χ0) is 19.3. The molecule has 0 fully saturated rings. The number of rotatable bonds is 6. The summed E-state index contributed by atoms with van der Waals surface area (Å²) in [7, 11) is -2.38. The Kier molecular flexibility index (Phi) is 6.06. The van der Waals surface area contributed by atoms with Crippen molar-refractivity contribution in [1.29, 1.82) is 5.26 Å². The first-order chi connectivity index (χ1) is 12.3. The Morgan fingerprint density at radius 2 is 1.77 bits per heavy atom. The van der Waals surface area contributed by atoms with Crippen molar-refractivity contribution < 1.29 is 17.9 Å². The number of sulfone groups is 1. The molecule has 0 atom stereocenters. The molecule has 136 valence electrons. The van der Waals surface area contributed by atoms with Crippen LogP contribution >= 0.6 is 0 Å². The molecule has 0 saturated heterocycles. The standard InChI is InChI=1S/C20H21NO4S/c1-14(2)25-19-10-7-16(12-20(19)24-4)11-18(13-21)26(22,23)17-8-5-15(3)6-9-17/h5-12,14H,1-4H3. The van der Waals surface area contributed by atoms with Crippen LogP contribution in [0.1, 0.15) is 25.0 Å². The molecule has 0 aliphatic carbocycles. The maximum Gasteiger partial charge on any atom is 0.216 e. The number of benzene rings is 2. The van der Waals surface area contributed by atoms with E-state index in [1.807, 2.05) is 20.8 Å². The smallest absolute Gasteiger partial charge is 0.216 e. The molecule has 26 heavy (non-hydrogen) atoms. The van der Waals surface area contributed by atoms with E-state index in [1.165, 1.54) is 25.3 Å². The Hall–Kier alpha value is -2.78. The molecule has 0 aliphatic heterocycles. The third-order valence-corrected chi connectivity index (χ3v) is 5.26. The molecule has 0 aromatic heterocycles. The zero-order valence-corrected chi connectivity index (χ0v) is 16.0. The van der Waals surface area contributed by atoms with Gasteiger partial charge in [-0.15, -0.1) is 0 Å². The van der Waals surface area contributed by atoms with Crippen molar-refractivity contribution in [2.24, 2.45) is 0 Å². The van der Waals surface area contributed by atoms with Gasteiger partial charge in [0.05, 0.1) is 18.1 Å². The van der Waals surface area contributed by atoms with E-state index in [1.54, 1.807) is 36.4 Å². The van der Waals surface area contributed by atoms with Gasteiger partial charge in [0, 0.05) is 0 Å². The van der Waals surface area contributed by atoms with Crippen LogP contribution in [0.3, 0.4) is 0 Å². The molecule has 2 aromatic carbocycles. The molecule has 2 aromatic rings. The summed E-state index contributed by atoms with van der Waals surface area (Å²) in [5, 5.41) is 9.39. The summed E-state index contributed by atoms with van der Waals surface area (Å²) in [6, 6.07) is 13.2. The lowest BCUT2D eigenvalue weighted by Gasteiger charge is -2.14. The van der Waals surface area contributed by atoms with E-state index in [-0.39, 0.29) is 15.9 Å². The number of methoxy groups -OCH3 is 1. The van der Waals surface area contributed by atoms with Crippen molar-refractivity contribution in [1.82, 2.24) is 0 Å². The van der Waals surface area contributed by atoms with Crippen LogP contribution in [-0.4, -0.2) is 21.6 Å². The Morgan fingerprint density at radius 3 is 2.31 bits per heavy atom. The summed E-state index contributed by atoms with van der Waals surface area (Å²) in [5.74, 6) is 1.03. The summed E-state index contributed by atoms with van der Waals surface area (Å²) >= 11 is 0. The number of hydrogen-bond donors (Lipinski definition) is 0. The van der Waals surface area contributed by atoms with Gasteiger partial charge in [0.25, 0.3) is 0 Å². The van der Waals surface area contributed by atoms with E-state index in [0.717, 1.165) is 5.56 Å². The van der Waals surface area contributed by atoms with Crippen LogP contribution in [0.5, 0.6) is 11.5 Å². The van der Waals surface area contributed by atoms with Crippen LogP contribution in [0.25, 0.3) is 6.08 Å². The van der Waals surface area contributed by atoms with Crippen molar-refractivity contribution in [2.45, 2.75) is 31.8 Å². The van der Waals surface area contributed by atoms with Gasteiger partial charge in [-0.1, -0.05) is 23.8 Å². The first kappa shape index (κ1) is 19.5. The molecule has 0 N–H and O–H groups in total. The fourth-order valence-electron chi connectivity index (χ4n) is 2.29. The van der Waals surface area contributed by atoms with Crippen molar-refractivity contribution in [3.63, 3.8) is 0 Å². The minimum atomic E-state index is -3.89. The van der Waals surface area contributed by atoms with Crippen LogP contribution < -0.4 is 9.47 Å². The fourth-order valence-corrected chi connectivity index (χ4v) is 3.45. The normalized spacial score (nSPS) is 11.9. The number of allylic oxidation sites excluding steroid dienone is 1. The Labute approximate surface area is 154 Å². The van der Waals surface area contributed by atoms with E-state index >= 15 is 0 Å². The van der Waals surface area contributed by atoms with Crippen molar-refractivity contribution in [2.75, 3.05) is 7.11 Å². The number of nitriles is 1. The molecule has 0 bridgehead atoms. The molecule has 0 saturated carbocycles. The highest BCUT2D eigenvalue weighted by atomic mass is 32.2. The van der Waals surface area contributed by atoms with Gasteiger partial charge < -0.3 is 9.47 Å². The SMILES string of the molecule is COc1cc(C=C(C#N)S(=O)(=O)c2ccc(C)cc2)ccc1OC(C)C. The first-order valence-corrected chi connectivity index (χ1v) is 9.54. The summed E-state index contributed by atoms with van der Waals surface area (Å²) in [4.78, 5) is -0.247. The van der Waals surface area contributed by atoms with Crippen molar-refractivity contribution in [3.8, 4) is 17.6 Å². The van der Waals surface area contributed by atoms with E-state index in [0.29, 0.717) is 17.1 Å². The van der Waals surface area contributed by atoms with Crippen molar-refractivity contribution in [3.05, 3.63) is 58.5 Å². The van der Waals surface area contributed by atoms with Crippen LogP contribution in [0.4, 0.5) is 0 Å². The predicted molar refractivity (Wildman–Crippen MR) is 101 cm³/mol.